The number of benzene rings is 2. The van der Waals surface area contributed by atoms with Gasteiger partial charge in [-0.1, -0.05) is 12.1 Å². The lowest BCUT2D eigenvalue weighted by molar-refractivity contribution is 0.0664. The summed E-state index contributed by atoms with van der Waals surface area (Å²) in [5, 5.41) is 0. The smallest absolute Gasteiger partial charge is 0.261 e. The summed E-state index contributed by atoms with van der Waals surface area (Å²) in [6.45, 7) is -0.393. The second kappa shape index (κ2) is 8.19. The van der Waals surface area contributed by atoms with Crippen molar-refractivity contribution < 1.29 is 27.2 Å². The molecule has 3 rings (SSSR count). The normalized spacial score (nSPS) is 14.1. The van der Waals surface area contributed by atoms with E-state index in [-0.39, 0.29) is 16.7 Å². The van der Waals surface area contributed by atoms with Crippen LogP contribution in [0.5, 0.6) is 0 Å². The second-order valence-electron chi connectivity index (χ2n) is 6.92. The summed E-state index contributed by atoms with van der Waals surface area (Å²) in [5.41, 5.74) is 0.437. The molecule has 0 bridgehead atoms. The van der Waals surface area contributed by atoms with Crippen molar-refractivity contribution in [2.24, 2.45) is 0 Å². The van der Waals surface area contributed by atoms with Crippen molar-refractivity contribution in [3.8, 4) is 0 Å². The maximum absolute atomic E-state index is 13.2. The summed E-state index contributed by atoms with van der Waals surface area (Å²) in [7, 11) is -1.06. The van der Waals surface area contributed by atoms with E-state index in [2.05, 4.69) is 0 Å². The Kier molecular flexibility index (Phi) is 5.84. The van der Waals surface area contributed by atoms with E-state index < -0.39 is 50.5 Å². The molecule has 1 heterocycles. The zero-order valence-electron chi connectivity index (χ0n) is 16.3. The average molecular weight is 430 g/mol. The zero-order chi connectivity index (χ0) is 22.1. The first-order valence-corrected chi connectivity index (χ1v) is 10.6. The number of fused-ring (bicyclic) bond motifs is 1. The number of Topliss-reactive ketones (excluding diaryl/α,β-unsaturated/α-hetero) is 1. The second-order valence-corrected chi connectivity index (χ2v) is 9.00. The first-order chi connectivity index (χ1) is 14.1. The first-order valence-electron chi connectivity index (χ1n) is 8.98. The number of rotatable bonds is 7. The van der Waals surface area contributed by atoms with Gasteiger partial charge in [0.1, 0.15) is 10.7 Å². The van der Waals surface area contributed by atoms with Gasteiger partial charge in [0.25, 0.3) is 11.8 Å². The number of nitrogens with zero attached hydrogens (tertiary/aromatic N) is 2. The molecule has 2 aromatic carbocycles. The van der Waals surface area contributed by atoms with Crippen molar-refractivity contribution in [1.29, 1.82) is 0 Å². The largest absolute Gasteiger partial charge is 0.382 e. The molecule has 7 nitrogen and oxygen atoms in total. The van der Waals surface area contributed by atoms with Gasteiger partial charge in [0.2, 0.25) is 5.78 Å². The molecule has 0 aromatic heterocycles. The molecule has 30 heavy (non-hydrogen) atoms. The van der Waals surface area contributed by atoms with Crippen molar-refractivity contribution in [3.63, 3.8) is 0 Å². The quantitative estimate of drug-likeness (QED) is 0.380. The summed E-state index contributed by atoms with van der Waals surface area (Å²) in [6.07, 6.45) is 1.16. The van der Waals surface area contributed by atoms with Crippen LogP contribution in [-0.4, -0.2) is 62.2 Å². The fraction of sp³-hybridized carbons (Fsp3) is 0.190. The van der Waals surface area contributed by atoms with E-state index in [1.54, 1.807) is 26.2 Å². The van der Waals surface area contributed by atoms with Crippen LogP contribution in [0, 0.1) is 5.82 Å². The Morgan fingerprint density at radius 2 is 1.53 bits per heavy atom. The number of halogens is 1. The average Bonchev–Trinajstić information content (AvgIpc) is 2.95. The van der Waals surface area contributed by atoms with E-state index in [4.69, 9.17) is 0 Å². The van der Waals surface area contributed by atoms with Crippen LogP contribution in [0.1, 0.15) is 31.1 Å². The SMILES string of the molecule is CN(C)C=C(C(=O)c1ccc(F)cc1)S(=O)(=O)CCN1C(=O)c2ccccc2C1=O. The number of amides is 2. The van der Waals surface area contributed by atoms with Crippen molar-refractivity contribution in [2.45, 2.75) is 0 Å². The van der Waals surface area contributed by atoms with Gasteiger partial charge in [0.05, 0.1) is 16.9 Å². The number of carbonyl (C=O) groups is 3. The molecule has 0 spiro atoms. The Labute approximate surface area is 173 Å². The van der Waals surface area contributed by atoms with Crippen LogP contribution in [0.4, 0.5) is 4.39 Å². The lowest BCUT2D eigenvalue weighted by atomic mass is 10.1. The molecule has 0 N–H and O–H groups in total. The highest BCUT2D eigenvalue weighted by atomic mass is 32.2. The van der Waals surface area contributed by atoms with Gasteiger partial charge in [-0.05, 0) is 36.4 Å². The number of hydrogen-bond acceptors (Lipinski definition) is 6. The molecule has 0 saturated heterocycles. The van der Waals surface area contributed by atoms with Crippen LogP contribution in [0.3, 0.4) is 0 Å². The van der Waals surface area contributed by atoms with E-state index in [0.717, 1.165) is 23.2 Å². The van der Waals surface area contributed by atoms with Crippen molar-refractivity contribution in [3.05, 3.63) is 82.1 Å². The van der Waals surface area contributed by atoms with Gasteiger partial charge < -0.3 is 4.90 Å². The molecule has 0 radical (unpaired) electrons. The molecule has 156 valence electrons. The summed E-state index contributed by atoms with van der Waals surface area (Å²) < 4.78 is 39.1. The summed E-state index contributed by atoms with van der Waals surface area (Å²) in [6, 6.07) is 10.7. The summed E-state index contributed by atoms with van der Waals surface area (Å²) in [5.74, 6) is -3.13. The molecule has 1 aliphatic rings. The van der Waals surface area contributed by atoms with Crippen LogP contribution >= 0.6 is 0 Å². The van der Waals surface area contributed by atoms with Gasteiger partial charge in [-0.15, -0.1) is 0 Å². The molecule has 0 aliphatic carbocycles. The fourth-order valence-corrected chi connectivity index (χ4v) is 4.44. The number of allylic oxidation sites excluding steroid dienone is 1. The molecule has 0 unspecified atom stereocenters. The maximum Gasteiger partial charge on any atom is 0.261 e. The molecular formula is C21H19FN2O5S. The molecule has 2 aromatic rings. The van der Waals surface area contributed by atoms with Gasteiger partial charge in [0.15, 0.2) is 9.84 Å². The Balaban J connectivity index is 1.85. The van der Waals surface area contributed by atoms with Crippen LogP contribution in [0.2, 0.25) is 0 Å². The van der Waals surface area contributed by atoms with Crippen LogP contribution in [0.25, 0.3) is 0 Å². The highest BCUT2D eigenvalue weighted by molar-refractivity contribution is 7.96. The lowest BCUT2D eigenvalue weighted by Gasteiger charge is -2.16. The monoisotopic (exact) mass is 430 g/mol. The number of hydrogen-bond donors (Lipinski definition) is 0. The van der Waals surface area contributed by atoms with Crippen LogP contribution in [0.15, 0.2) is 59.6 Å². The molecular weight excluding hydrogens is 411 g/mol. The Morgan fingerprint density at radius 3 is 2.03 bits per heavy atom. The molecule has 9 heteroatoms. The molecule has 1 aliphatic heterocycles. The van der Waals surface area contributed by atoms with E-state index in [1.807, 2.05) is 0 Å². The van der Waals surface area contributed by atoms with Gasteiger partial charge in [-0.25, -0.2) is 12.8 Å². The zero-order valence-corrected chi connectivity index (χ0v) is 17.1. The van der Waals surface area contributed by atoms with Gasteiger partial charge in [-0.2, -0.15) is 0 Å². The molecule has 0 fully saturated rings. The predicted octanol–water partition coefficient (Wildman–Crippen LogP) is 2.12. The minimum atomic E-state index is -4.17. The van der Waals surface area contributed by atoms with Gasteiger partial charge in [0, 0.05) is 32.4 Å². The highest BCUT2D eigenvalue weighted by Gasteiger charge is 2.36. The minimum Gasteiger partial charge on any atom is -0.382 e. The number of sulfone groups is 1. The van der Waals surface area contributed by atoms with E-state index in [1.165, 1.54) is 29.2 Å². The lowest BCUT2D eigenvalue weighted by Crippen LogP contribution is -2.35. The number of ketones is 1. The Hall–Kier alpha value is -3.33. The summed E-state index contributed by atoms with van der Waals surface area (Å²) >= 11 is 0. The molecule has 0 atom stereocenters. The van der Waals surface area contributed by atoms with Crippen LogP contribution in [-0.2, 0) is 9.84 Å². The third kappa shape index (κ3) is 4.16. The highest BCUT2D eigenvalue weighted by Crippen LogP contribution is 2.23. The third-order valence-corrected chi connectivity index (χ3v) is 6.18. The van der Waals surface area contributed by atoms with Crippen molar-refractivity contribution in [1.82, 2.24) is 9.80 Å². The molecule has 0 saturated carbocycles. The third-order valence-electron chi connectivity index (χ3n) is 4.50. The number of imide groups is 1. The minimum absolute atomic E-state index is 0.00815. The van der Waals surface area contributed by atoms with Gasteiger partial charge >= 0.3 is 0 Å². The van der Waals surface area contributed by atoms with Gasteiger partial charge in [-0.3, -0.25) is 19.3 Å². The van der Waals surface area contributed by atoms with E-state index in [0.29, 0.717) is 0 Å². The number of carbonyl (C=O) groups excluding carboxylic acids is 3. The first kappa shape index (κ1) is 21.4. The van der Waals surface area contributed by atoms with E-state index in [9.17, 15) is 27.2 Å². The van der Waals surface area contributed by atoms with Crippen LogP contribution < -0.4 is 0 Å². The van der Waals surface area contributed by atoms with Crippen molar-refractivity contribution >= 4 is 27.4 Å². The van der Waals surface area contributed by atoms with Crippen molar-refractivity contribution in [2.75, 3.05) is 26.4 Å². The molecule has 2 amide bonds. The summed E-state index contributed by atoms with van der Waals surface area (Å²) in [4.78, 5) is 39.4. The standard InChI is InChI=1S/C21H19FN2O5S/c1-23(2)13-18(19(25)14-7-9-15(22)10-8-14)30(28,29)12-11-24-20(26)16-5-3-4-6-17(16)21(24)27/h3-10,13H,11-12H2,1-2H3. The Morgan fingerprint density at radius 1 is 1.00 bits per heavy atom. The van der Waals surface area contributed by atoms with E-state index >= 15 is 0 Å². The maximum atomic E-state index is 13.2. The fourth-order valence-electron chi connectivity index (χ4n) is 3.02. The Bertz CT molecular complexity index is 1120. The topological polar surface area (TPSA) is 91.8 Å². The predicted molar refractivity (Wildman–Crippen MR) is 108 cm³/mol.